The molecule has 0 bridgehead atoms. The van der Waals surface area contributed by atoms with Crippen molar-refractivity contribution in [1.82, 2.24) is 19.2 Å². The Morgan fingerprint density at radius 2 is 2.00 bits per heavy atom. The van der Waals surface area contributed by atoms with Crippen LogP contribution in [0.25, 0.3) is 11.0 Å². The number of H-pyrrole nitrogens is 1. The zero-order valence-corrected chi connectivity index (χ0v) is 19.7. The van der Waals surface area contributed by atoms with Gasteiger partial charge in [0.2, 0.25) is 0 Å². The van der Waals surface area contributed by atoms with E-state index in [0.717, 1.165) is 17.6 Å². The van der Waals surface area contributed by atoms with E-state index in [4.69, 9.17) is 9.26 Å². The minimum absolute atomic E-state index is 0.104. The van der Waals surface area contributed by atoms with Gasteiger partial charge in [-0.2, -0.15) is 0 Å². The fraction of sp³-hybridized carbons (Fsp3) is 0.714. The first-order valence-corrected chi connectivity index (χ1v) is 12.2. The van der Waals surface area contributed by atoms with Crippen molar-refractivity contribution in [3.63, 3.8) is 0 Å². The monoisotopic (exact) mass is 422 g/mol. The van der Waals surface area contributed by atoms with E-state index < -0.39 is 8.30 Å². The summed E-state index contributed by atoms with van der Waals surface area (Å²) in [6.45, 7) is 17.2. The molecule has 0 saturated carbocycles. The normalized spacial score (nSPS) is 26.3. The molecule has 0 aliphatic carbocycles. The minimum Gasteiger partial charge on any atom is -0.352 e. The summed E-state index contributed by atoms with van der Waals surface area (Å²) < 4.78 is 17.6. The SMILES string of the molecule is CC[C@H]1O[C@@H](n2cnc3c(=O)[nH]c(C)cc32)[C@@H](OP(C)N(C(C)C)C(C)C)C1C. The molecule has 1 aliphatic rings. The highest BCUT2D eigenvalue weighted by Gasteiger charge is 2.45. The van der Waals surface area contributed by atoms with Crippen molar-refractivity contribution in [3.8, 4) is 0 Å². The molecule has 2 aromatic rings. The van der Waals surface area contributed by atoms with Crippen LogP contribution in [0.3, 0.4) is 0 Å². The maximum atomic E-state index is 12.3. The van der Waals surface area contributed by atoms with Gasteiger partial charge in [0.1, 0.15) is 14.4 Å². The van der Waals surface area contributed by atoms with Crippen molar-refractivity contribution < 1.29 is 9.26 Å². The van der Waals surface area contributed by atoms with E-state index in [-0.39, 0.29) is 29.9 Å². The Labute approximate surface area is 174 Å². The van der Waals surface area contributed by atoms with Crippen molar-refractivity contribution in [2.24, 2.45) is 5.92 Å². The van der Waals surface area contributed by atoms with E-state index in [1.807, 2.05) is 17.6 Å². The van der Waals surface area contributed by atoms with Crippen molar-refractivity contribution in [2.45, 2.75) is 85.4 Å². The first-order chi connectivity index (χ1) is 13.6. The molecule has 3 rings (SSSR count). The Morgan fingerprint density at radius 3 is 2.59 bits per heavy atom. The Morgan fingerprint density at radius 1 is 1.34 bits per heavy atom. The molecule has 3 heterocycles. The van der Waals surface area contributed by atoms with E-state index in [1.54, 1.807) is 6.33 Å². The Hall–Kier alpha value is -1.27. The summed E-state index contributed by atoms with van der Waals surface area (Å²) in [7, 11) is -0.791. The van der Waals surface area contributed by atoms with Crippen LogP contribution in [0, 0.1) is 12.8 Å². The van der Waals surface area contributed by atoms with Crippen molar-refractivity contribution in [3.05, 3.63) is 28.4 Å². The maximum Gasteiger partial charge on any atom is 0.276 e. The quantitative estimate of drug-likeness (QED) is 0.669. The average Bonchev–Trinajstić information content (AvgIpc) is 3.16. The molecule has 2 aromatic heterocycles. The van der Waals surface area contributed by atoms with Gasteiger partial charge in [0.25, 0.3) is 5.56 Å². The van der Waals surface area contributed by atoms with Crippen LogP contribution in [-0.2, 0) is 9.26 Å². The standard InChI is InChI=1S/C21H35N4O3P/c1-9-17-15(7)19(28-29(8)25(12(2)3)13(4)5)21(27-17)24-11-22-18-16(24)10-14(6)23-20(18)26/h10-13,15,17,19,21H,9H2,1-8H3,(H,23,26)/t15?,17-,19+,21-,29?/m1/s1. The number of pyridine rings is 1. The second kappa shape index (κ2) is 8.84. The number of fused-ring (bicyclic) bond motifs is 1. The number of aryl methyl sites for hydroxylation is 1. The van der Waals surface area contributed by atoms with Gasteiger partial charge in [-0.05, 0) is 53.8 Å². The second-order valence-electron chi connectivity index (χ2n) is 8.60. The van der Waals surface area contributed by atoms with Crippen LogP contribution >= 0.6 is 8.30 Å². The summed E-state index contributed by atoms with van der Waals surface area (Å²) in [4.78, 5) is 19.5. The minimum atomic E-state index is -0.791. The third kappa shape index (κ3) is 4.29. The zero-order chi connectivity index (χ0) is 21.5. The lowest BCUT2D eigenvalue weighted by atomic mass is 9.99. The van der Waals surface area contributed by atoms with Crippen molar-refractivity contribution in [1.29, 1.82) is 0 Å². The molecule has 1 aliphatic heterocycles. The fourth-order valence-electron chi connectivity index (χ4n) is 4.54. The summed E-state index contributed by atoms with van der Waals surface area (Å²) >= 11 is 0. The molecule has 0 spiro atoms. The van der Waals surface area contributed by atoms with E-state index in [9.17, 15) is 4.79 Å². The highest BCUT2D eigenvalue weighted by atomic mass is 31.2. The van der Waals surface area contributed by atoms with Gasteiger partial charge in [-0.15, -0.1) is 0 Å². The molecule has 5 atom stereocenters. The van der Waals surface area contributed by atoms with Crippen molar-refractivity contribution in [2.75, 3.05) is 6.66 Å². The number of hydrogen-bond acceptors (Lipinski definition) is 5. The van der Waals surface area contributed by atoms with Gasteiger partial charge < -0.3 is 18.8 Å². The predicted molar refractivity (Wildman–Crippen MR) is 118 cm³/mol. The summed E-state index contributed by atoms with van der Waals surface area (Å²) in [6.07, 6.45) is 2.34. The Balaban J connectivity index is 1.98. The van der Waals surface area contributed by atoms with Crippen LogP contribution in [0.1, 0.15) is 59.9 Å². The topological polar surface area (TPSA) is 72.4 Å². The van der Waals surface area contributed by atoms with Gasteiger partial charge in [-0.25, -0.2) is 4.98 Å². The molecular formula is C21H35N4O3P. The molecule has 162 valence electrons. The number of aromatic amines is 1. The van der Waals surface area contributed by atoms with Crippen LogP contribution < -0.4 is 5.56 Å². The molecular weight excluding hydrogens is 387 g/mol. The van der Waals surface area contributed by atoms with Crippen LogP contribution in [0.15, 0.2) is 17.2 Å². The number of imidazole rings is 1. The van der Waals surface area contributed by atoms with Gasteiger partial charge >= 0.3 is 0 Å². The summed E-state index contributed by atoms with van der Waals surface area (Å²) in [6, 6.07) is 2.76. The molecule has 29 heavy (non-hydrogen) atoms. The van der Waals surface area contributed by atoms with Crippen LogP contribution in [-0.4, -0.2) is 50.2 Å². The van der Waals surface area contributed by atoms with Gasteiger partial charge in [0.15, 0.2) is 11.7 Å². The lowest BCUT2D eigenvalue weighted by molar-refractivity contribution is -0.0284. The van der Waals surface area contributed by atoms with E-state index in [1.165, 1.54) is 0 Å². The number of nitrogens with zero attached hydrogens (tertiary/aromatic N) is 3. The number of aromatic nitrogens is 3. The van der Waals surface area contributed by atoms with E-state index >= 15 is 0 Å². The molecule has 0 radical (unpaired) electrons. The first kappa shape index (κ1) is 22.4. The molecule has 2 unspecified atom stereocenters. The van der Waals surface area contributed by atoms with Gasteiger partial charge in [-0.1, -0.05) is 13.8 Å². The van der Waals surface area contributed by atoms with E-state index in [2.05, 4.69) is 62.8 Å². The zero-order valence-electron chi connectivity index (χ0n) is 18.8. The predicted octanol–water partition coefficient (Wildman–Crippen LogP) is 4.42. The second-order valence-corrected chi connectivity index (χ2v) is 10.2. The van der Waals surface area contributed by atoms with Crippen LogP contribution in [0.2, 0.25) is 0 Å². The third-order valence-electron chi connectivity index (χ3n) is 5.75. The number of rotatable bonds is 7. The highest BCUT2D eigenvalue weighted by Crippen LogP contribution is 2.49. The largest absolute Gasteiger partial charge is 0.352 e. The molecule has 0 aromatic carbocycles. The summed E-state index contributed by atoms with van der Waals surface area (Å²) in [5.74, 6) is 0.247. The molecule has 1 N–H and O–H groups in total. The number of ether oxygens (including phenoxy) is 1. The lowest BCUT2D eigenvalue weighted by Gasteiger charge is -2.38. The lowest BCUT2D eigenvalue weighted by Crippen LogP contribution is -2.35. The maximum absolute atomic E-state index is 12.3. The molecule has 1 fully saturated rings. The fourth-order valence-corrected chi connectivity index (χ4v) is 6.60. The number of nitrogens with one attached hydrogen (secondary N) is 1. The Kier molecular flexibility index (Phi) is 6.84. The molecule has 1 saturated heterocycles. The average molecular weight is 423 g/mol. The summed E-state index contributed by atoms with van der Waals surface area (Å²) in [5, 5.41) is 0. The third-order valence-corrected chi connectivity index (χ3v) is 7.87. The van der Waals surface area contributed by atoms with Crippen LogP contribution in [0.4, 0.5) is 0 Å². The number of hydrogen-bond donors (Lipinski definition) is 1. The Bertz CT molecular complexity index is 886. The van der Waals surface area contributed by atoms with Gasteiger partial charge in [0, 0.05) is 23.7 Å². The van der Waals surface area contributed by atoms with E-state index in [0.29, 0.717) is 17.6 Å². The molecule has 7 nitrogen and oxygen atoms in total. The summed E-state index contributed by atoms with van der Waals surface area (Å²) in [5.41, 5.74) is 1.87. The molecule has 8 heteroatoms. The van der Waals surface area contributed by atoms with Gasteiger partial charge in [-0.3, -0.25) is 9.46 Å². The van der Waals surface area contributed by atoms with Crippen molar-refractivity contribution >= 4 is 19.3 Å². The smallest absolute Gasteiger partial charge is 0.276 e. The first-order valence-electron chi connectivity index (χ1n) is 10.6. The van der Waals surface area contributed by atoms with Crippen LogP contribution in [0.5, 0.6) is 0 Å². The highest BCUT2D eigenvalue weighted by molar-refractivity contribution is 7.49. The van der Waals surface area contributed by atoms with Gasteiger partial charge in [0.05, 0.1) is 17.9 Å². The molecule has 0 amide bonds.